The van der Waals surface area contributed by atoms with Crippen molar-refractivity contribution in [2.75, 3.05) is 0 Å². The minimum absolute atomic E-state index is 0.730. The number of hydrogen-bond donors (Lipinski definition) is 0. The van der Waals surface area contributed by atoms with Crippen LogP contribution in [0.3, 0.4) is 0 Å². The van der Waals surface area contributed by atoms with E-state index < -0.39 is 0 Å². The summed E-state index contributed by atoms with van der Waals surface area (Å²) in [5, 5.41) is 0. The largest absolute Gasteiger partial charge is 0.0754 e. The average Bonchev–Trinajstić information content (AvgIpc) is 2.03. The molecule has 0 unspecified atom stereocenters. The van der Waals surface area contributed by atoms with Crippen LogP contribution < -0.4 is 0 Å². The Morgan fingerprint density at radius 1 is 1.27 bits per heavy atom. The van der Waals surface area contributed by atoms with Gasteiger partial charge in [-0.2, -0.15) is 0 Å². The predicted molar refractivity (Wildman–Crippen MR) is 51.6 cm³/mol. The Morgan fingerprint density at radius 3 is 2.45 bits per heavy atom. The fourth-order valence-electron chi connectivity index (χ4n) is 0.682. The molecule has 0 atom stereocenters. The van der Waals surface area contributed by atoms with Crippen LogP contribution in [-0.2, 0) is 0 Å². The van der Waals surface area contributed by atoms with Gasteiger partial charge >= 0.3 is 0 Å². The lowest BCUT2D eigenvalue weighted by Gasteiger charge is -1.84. The molecule has 0 aromatic heterocycles. The molecular formula is C10H8S. The first kappa shape index (κ1) is 7.97. The summed E-state index contributed by atoms with van der Waals surface area (Å²) in [6.07, 6.45) is 0. The van der Waals surface area contributed by atoms with Crippen LogP contribution in [0.5, 0.6) is 0 Å². The third-order valence-corrected chi connectivity index (χ3v) is 1.26. The van der Waals surface area contributed by atoms with Crippen LogP contribution in [-0.4, -0.2) is 4.86 Å². The average molecular weight is 160 g/mol. The van der Waals surface area contributed by atoms with Gasteiger partial charge in [-0.25, -0.2) is 0 Å². The molecule has 0 bridgehead atoms. The van der Waals surface area contributed by atoms with E-state index in [2.05, 4.69) is 11.8 Å². The molecule has 54 valence electrons. The molecule has 1 heteroatoms. The molecule has 0 nitrogen and oxygen atoms in total. The second-order valence-corrected chi connectivity index (χ2v) is 2.78. The Kier molecular flexibility index (Phi) is 2.83. The van der Waals surface area contributed by atoms with Crippen LogP contribution in [0.2, 0.25) is 0 Å². The first-order valence-corrected chi connectivity index (χ1v) is 3.77. The van der Waals surface area contributed by atoms with E-state index in [9.17, 15) is 0 Å². The first-order valence-electron chi connectivity index (χ1n) is 3.36. The topological polar surface area (TPSA) is 0 Å². The zero-order chi connectivity index (χ0) is 8.10. The molecule has 0 aliphatic heterocycles. The summed E-state index contributed by atoms with van der Waals surface area (Å²) in [7, 11) is 0. The lowest BCUT2D eigenvalue weighted by atomic mass is 10.2. The monoisotopic (exact) mass is 160 g/mol. The maximum absolute atomic E-state index is 4.82. The minimum atomic E-state index is 0.730. The lowest BCUT2D eigenvalue weighted by Crippen LogP contribution is -1.77. The van der Waals surface area contributed by atoms with Crippen LogP contribution in [0.4, 0.5) is 0 Å². The van der Waals surface area contributed by atoms with Crippen molar-refractivity contribution < 1.29 is 0 Å². The summed E-state index contributed by atoms with van der Waals surface area (Å²) in [5.41, 5.74) is 1.01. The summed E-state index contributed by atoms with van der Waals surface area (Å²) in [5.74, 6) is 5.80. The third kappa shape index (κ3) is 2.97. The number of benzene rings is 1. The van der Waals surface area contributed by atoms with E-state index in [4.69, 9.17) is 12.2 Å². The third-order valence-electron chi connectivity index (χ3n) is 1.16. The van der Waals surface area contributed by atoms with Gasteiger partial charge in [-0.15, -0.1) is 0 Å². The van der Waals surface area contributed by atoms with Gasteiger partial charge in [0.15, 0.2) is 0 Å². The lowest BCUT2D eigenvalue weighted by molar-refractivity contribution is 1.65. The molecule has 0 saturated carbocycles. The molecule has 0 spiro atoms. The Balaban J connectivity index is 2.83. The Hall–Kier alpha value is -1.13. The molecule has 1 aromatic rings. The van der Waals surface area contributed by atoms with Crippen LogP contribution in [0.15, 0.2) is 30.3 Å². The van der Waals surface area contributed by atoms with Gasteiger partial charge in [-0.1, -0.05) is 42.3 Å². The molecule has 0 heterocycles. The van der Waals surface area contributed by atoms with Gasteiger partial charge in [0.25, 0.3) is 0 Å². The van der Waals surface area contributed by atoms with E-state index in [1.54, 1.807) is 0 Å². The van der Waals surface area contributed by atoms with Crippen LogP contribution in [0.1, 0.15) is 12.5 Å². The maximum atomic E-state index is 4.82. The van der Waals surface area contributed by atoms with E-state index in [-0.39, 0.29) is 0 Å². The molecule has 1 aromatic carbocycles. The van der Waals surface area contributed by atoms with Gasteiger partial charge in [-0.05, 0) is 19.1 Å². The van der Waals surface area contributed by atoms with E-state index in [1.807, 2.05) is 37.3 Å². The van der Waals surface area contributed by atoms with Gasteiger partial charge in [-0.3, -0.25) is 0 Å². The second kappa shape index (κ2) is 3.90. The number of rotatable bonds is 0. The molecule has 11 heavy (non-hydrogen) atoms. The highest BCUT2D eigenvalue weighted by atomic mass is 32.1. The van der Waals surface area contributed by atoms with Crippen molar-refractivity contribution in [3.8, 4) is 11.8 Å². The fraction of sp³-hybridized carbons (Fsp3) is 0.100. The molecule has 0 aliphatic rings. The summed E-state index contributed by atoms with van der Waals surface area (Å²) in [6.45, 7) is 1.82. The molecule has 0 radical (unpaired) electrons. The summed E-state index contributed by atoms with van der Waals surface area (Å²) in [4.78, 5) is 0.730. The summed E-state index contributed by atoms with van der Waals surface area (Å²) < 4.78 is 0. The molecule has 0 N–H and O–H groups in total. The van der Waals surface area contributed by atoms with Crippen LogP contribution in [0, 0.1) is 11.8 Å². The molecule has 0 fully saturated rings. The number of thiocarbonyl (C=S) groups is 1. The van der Waals surface area contributed by atoms with Gasteiger partial charge < -0.3 is 0 Å². The first-order chi connectivity index (χ1) is 5.29. The van der Waals surface area contributed by atoms with E-state index in [1.165, 1.54) is 0 Å². The van der Waals surface area contributed by atoms with Crippen molar-refractivity contribution in [1.82, 2.24) is 0 Å². The Labute approximate surface area is 72.2 Å². The molecule has 1 rings (SSSR count). The summed E-state index contributed by atoms with van der Waals surface area (Å²) >= 11 is 4.82. The quantitative estimate of drug-likeness (QED) is 0.415. The van der Waals surface area contributed by atoms with Gasteiger partial charge in [0, 0.05) is 5.56 Å². The smallest absolute Gasteiger partial charge is 0.0622 e. The van der Waals surface area contributed by atoms with Gasteiger partial charge in [0.1, 0.15) is 0 Å². The Morgan fingerprint density at radius 2 is 1.91 bits per heavy atom. The predicted octanol–water partition coefficient (Wildman–Crippen LogP) is 2.43. The highest BCUT2D eigenvalue weighted by molar-refractivity contribution is 7.80. The zero-order valence-corrected chi connectivity index (χ0v) is 7.11. The standard InChI is InChI=1S/C10H8S/c1-9(11)7-8-10-5-3-2-4-6-10/h2-6H,1H3. The highest BCUT2D eigenvalue weighted by Gasteiger charge is 1.80. The normalized spacial score (nSPS) is 8.09. The van der Waals surface area contributed by atoms with Crippen molar-refractivity contribution in [3.05, 3.63) is 35.9 Å². The highest BCUT2D eigenvalue weighted by Crippen LogP contribution is 1.94. The van der Waals surface area contributed by atoms with Crippen molar-refractivity contribution in [3.63, 3.8) is 0 Å². The Bertz CT molecular complexity index is 301. The maximum Gasteiger partial charge on any atom is 0.0622 e. The SMILES string of the molecule is CC(=S)C#Cc1ccccc1. The van der Waals surface area contributed by atoms with Crippen molar-refractivity contribution in [2.45, 2.75) is 6.92 Å². The molecule has 0 saturated heterocycles. The molecular weight excluding hydrogens is 152 g/mol. The summed E-state index contributed by atoms with van der Waals surface area (Å²) in [6, 6.07) is 9.82. The minimum Gasteiger partial charge on any atom is -0.0754 e. The van der Waals surface area contributed by atoms with Crippen molar-refractivity contribution in [1.29, 1.82) is 0 Å². The van der Waals surface area contributed by atoms with Crippen LogP contribution in [0.25, 0.3) is 0 Å². The fourth-order valence-corrected chi connectivity index (χ4v) is 0.733. The van der Waals surface area contributed by atoms with E-state index in [0.717, 1.165) is 10.4 Å². The van der Waals surface area contributed by atoms with Crippen molar-refractivity contribution >= 4 is 17.1 Å². The van der Waals surface area contributed by atoms with Crippen molar-refractivity contribution in [2.24, 2.45) is 0 Å². The number of hydrogen-bond acceptors (Lipinski definition) is 1. The van der Waals surface area contributed by atoms with E-state index >= 15 is 0 Å². The van der Waals surface area contributed by atoms with Crippen LogP contribution >= 0.6 is 12.2 Å². The van der Waals surface area contributed by atoms with Gasteiger partial charge in [0.2, 0.25) is 0 Å². The molecule has 0 amide bonds. The van der Waals surface area contributed by atoms with E-state index in [0.29, 0.717) is 0 Å². The zero-order valence-electron chi connectivity index (χ0n) is 6.29. The second-order valence-electron chi connectivity index (χ2n) is 2.17. The van der Waals surface area contributed by atoms with Gasteiger partial charge in [0.05, 0.1) is 4.86 Å². The molecule has 0 aliphatic carbocycles.